The molecule has 0 spiro atoms. The first-order valence-corrected chi connectivity index (χ1v) is 12.4. The third-order valence-electron chi connectivity index (χ3n) is 5.31. The topological polar surface area (TPSA) is 88.2 Å². The SMILES string of the molecule is CCN(CC)c1ccc(S(=O)(=O)N(CC)CC)cc1NC(=O)c1ccc(OC(F)F)c(OC)c1. The van der Waals surface area contributed by atoms with Crippen molar-refractivity contribution in [2.45, 2.75) is 39.2 Å². The first-order chi connectivity index (χ1) is 16.1. The van der Waals surface area contributed by atoms with Crippen molar-refractivity contribution in [3.05, 3.63) is 42.0 Å². The molecule has 0 atom stereocenters. The van der Waals surface area contributed by atoms with E-state index >= 15 is 0 Å². The quantitative estimate of drug-likeness (QED) is 0.465. The van der Waals surface area contributed by atoms with Gasteiger partial charge in [-0.15, -0.1) is 0 Å². The van der Waals surface area contributed by atoms with Crippen molar-refractivity contribution in [2.24, 2.45) is 0 Å². The Labute approximate surface area is 199 Å². The van der Waals surface area contributed by atoms with E-state index in [1.165, 1.54) is 41.7 Å². The number of carbonyl (C=O) groups is 1. The maximum absolute atomic E-state index is 13.0. The van der Waals surface area contributed by atoms with E-state index in [4.69, 9.17) is 4.74 Å². The highest BCUT2D eigenvalue weighted by Gasteiger charge is 2.24. The zero-order valence-electron chi connectivity index (χ0n) is 20.0. The van der Waals surface area contributed by atoms with Gasteiger partial charge in [-0.05, 0) is 50.2 Å². The lowest BCUT2D eigenvalue weighted by Crippen LogP contribution is -2.31. The van der Waals surface area contributed by atoms with Crippen LogP contribution in [-0.4, -0.2) is 58.5 Å². The third-order valence-corrected chi connectivity index (χ3v) is 7.35. The van der Waals surface area contributed by atoms with Crippen LogP contribution in [0.4, 0.5) is 20.2 Å². The van der Waals surface area contributed by atoms with Crippen molar-refractivity contribution in [2.75, 3.05) is 43.5 Å². The average Bonchev–Trinajstić information content (AvgIpc) is 2.81. The molecule has 0 fully saturated rings. The second-order valence-corrected chi connectivity index (χ2v) is 9.08. The van der Waals surface area contributed by atoms with Crippen LogP contribution >= 0.6 is 0 Å². The lowest BCUT2D eigenvalue weighted by atomic mass is 10.1. The molecule has 0 aliphatic heterocycles. The molecule has 1 N–H and O–H groups in total. The summed E-state index contributed by atoms with van der Waals surface area (Å²) in [5.74, 6) is -0.798. The van der Waals surface area contributed by atoms with E-state index in [-0.39, 0.29) is 22.0 Å². The van der Waals surface area contributed by atoms with Crippen molar-refractivity contribution >= 4 is 27.3 Å². The molecule has 0 heterocycles. The van der Waals surface area contributed by atoms with Crippen molar-refractivity contribution in [3.63, 3.8) is 0 Å². The van der Waals surface area contributed by atoms with Crippen LogP contribution in [0.1, 0.15) is 38.1 Å². The second kappa shape index (κ2) is 12.0. The molecule has 0 aliphatic rings. The first-order valence-electron chi connectivity index (χ1n) is 11.0. The predicted molar refractivity (Wildman–Crippen MR) is 128 cm³/mol. The standard InChI is InChI=1S/C23H31F2N3O5S/c1-6-27(7-2)19-12-11-17(34(30,31)28(8-3)9-4)15-18(19)26-22(29)16-10-13-20(33-23(24)25)21(14-16)32-5/h10-15,23H,6-9H2,1-5H3,(H,26,29). The molecule has 0 unspecified atom stereocenters. The Bertz CT molecular complexity index is 1090. The van der Waals surface area contributed by atoms with Gasteiger partial charge in [0.2, 0.25) is 10.0 Å². The van der Waals surface area contributed by atoms with Gasteiger partial charge in [-0.25, -0.2) is 8.42 Å². The monoisotopic (exact) mass is 499 g/mol. The van der Waals surface area contributed by atoms with Crippen LogP contribution in [0.3, 0.4) is 0 Å². The molecule has 0 aromatic heterocycles. The highest BCUT2D eigenvalue weighted by atomic mass is 32.2. The first kappa shape index (κ1) is 27.3. The van der Waals surface area contributed by atoms with Crippen molar-refractivity contribution in [1.29, 1.82) is 0 Å². The number of sulfonamides is 1. The van der Waals surface area contributed by atoms with Crippen molar-refractivity contribution < 1.29 is 31.5 Å². The molecule has 2 aromatic carbocycles. The average molecular weight is 500 g/mol. The van der Waals surface area contributed by atoms with Gasteiger partial charge in [0, 0.05) is 31.7 Å². The summed E-state index contributed by atoms with van der Waals surface area (Å²) in [4.78, 5) is 15.1. The molecule has 0 aliphatic carbocycles. The number of amides is 1. The number of benzene rings is 2. The molecule has 0 saturated heterocycles. The number of hydrogen-bond donors (Lipinski definition) is 1. The summed E-state index contributed by atoms with van der Waals surface area (Å²) < 4.78 is 62.1. The van der Waals surface area contributed by atoms with E-state index in [2.05, 4.69) is 10.1 Å². The van der Waals surface area contributed by atoms with Crippen molar-refractivity contribution in [3.8, 4) is 11.5 Å². The lowest BCUT2D eigenvalue weighted by molar-refractivity contribution is -0.0512. The van der Waals surface area contributed by atoms with Gasteiger partial charge in [0.15, 0.2) is 11.5 Å². The van der Waals surface area contributed by atoms with Gasteiger partial charge in [-0.2, -0.15) is 13.1 Å². The highest BCUT2D eigenvalue weighted by Crippen LogP contribution is 2.33. The Hall–Kier alpha value is -2.92. The van der Waals surface area contributed by atoms with Gasteiger partial charge in [-0.1, -0.05) is 13.8 Å². The van der Waals surface area contributed by atoms with E-state index in [0.29, 0.717) is 37.6 Å². The molecule has 0 radical (unpaired) electrons. The Morgan fingerprint density at radius 1 is 0.971 bits per heavy atom. The number of carbonyl (C=O) groups excluding carboxylic acids is 1. The zero-order chi connectivity index (χ0) is 25.5. The smallest absolute Gasteiger partial charge is 0.387 e. The molecule has 1 amide bonds. The molecule has 2 rings (SSSR count). The van der Waals surface area contributed by atoms with Crippen LogP contribution in [0, 0.1) is 0 Å². The predicted octanol–water partition coefficient (Wildman–Crippen LogP) is 4.43. The lowest BCUT2D eigenvalue weighted by Gasteiger charge is -2.26. The number of alkyl halides is 2. The maximum Gasteiger partial charge on any atom is 0.387 e. The molecule has 8 nitrogen and oxygen atoms in total. The van der Waals surface area contributed by atoms with Gasteiger partial charge in [0.05, 0.1) is 23.4 Å². The zero-order valence-corrected chi connectivity index (χ0v) is 20.8. The number of anilines is 2. The largest absolute Gasteiger partial charge is 0.493 e. The van der Waals surface area contributed by atoms with Gasteiger partial charge >= 0.3 is 6.61 Å². The number of methoxy groups -OCH3 is 1. The van der Waals surface area contributed by atoms with Gasteiger partial charge < -0.3 is 19.7 Å². The van der Waals surface area contributed by atoms with Gasteiger partial charge in [-0.3, -0.25) is 4.79 Å². The third kappa shape index (κ3) is 6.15. The molecular formula is C23H31F2N3O5S. The molecule has 188 valence electrons. The van der Waals surface area contributed by atoms with Crippen LogP contribution in [0.2, 0.25) is 0 Å². The normalized spacial score (nSPS) is 11.6. The summed E-state index contributed by atoms with van der Waals surface area (Å²) in [5.41, 5.74) is 1.09. The summed E-state index contributed by atoms with van der Waals surface area (Å²) >= 11 is 0. The van der Waals surface area contributed by atoms with Gasteiger partial charge in [0.1, 0.15) is 0 Å². The van der Waals surface area contributed by atoms with Crippen LogP contribution in [0.25, 0.3) is 0 Å². The summed E-state index contributed by atoms with van der Waals surface area (Å²) in [6.45, 7) is 6.25. The minimum absolute atomic E-state index is 0.0326. The maximum atomic E-state index is 13.0. The van der Waals surface area contributed by atoms with Crippen LogP contribution in [0.5, 0.6) is 11.5 Å². The number of nitrogens with one attached hydrogen (secondary N) is 1. The molecular weight excluding hydrogens is 468 g/mol. The fourth-order valence-corrected chi connectivity index (χ4v) is 5.01. The number of rotatable bonds is 12. The van der Waals surface area contributed by atoms with Crippen LogP contribution in [-0.2, 0) is 10.0 Å². The Kier molecular flexibility index (Phi) is 9.63. The van der Waals surface area contributed by atoms with Crippen molar-refractivity contribution in [1.82, 2.24) is 4.31 Å². The van der Waals surface area contributed by atoms with Gasteiger partial charge in [0.25, 0.3) is 5.91 Å². The molecule has 0 bridgehead atoms. The molecule has 11 heteroatoms. The van der Waals surface area contributed by atoms with E-state index in [0.717, 1.165) is 0 Å². The minimum atomic E-state index is -3.75. The second-order valence-electron chi connectivity index (χ2n) is 7.14. The van der Waals surface area contributed by atoms with E-state index in [9.17, 15) is 22.0 Å². The van der Waals surface area contributed by atoms with E-state index in [1.807, 2.05) is 18.7 Å². The Morgan fingerprint density at radius 2 is 1.62 bits per heavy atom. The van der Waals surface area contributed by atoms with E-state index < -0.39 is 22.5 Å². The summed E-state index contributed by atoms with van der Waals surface area (Å²) in [5, 5.41) is 2.77. The molecule has 34 heavy (non-hydrogen) atoms. The fraction of sp³-hybridized carbons (Fsp3) is 0.435. The minimum Gasteiger partial charge on any atom is -0.493 e. The van der Waals surface area contributed by atoms with Crippen LogP contribution < -0.4 is 19.7 Å². The Balaban J connectivity index is 2.50. The van der Waals surface area contributed by atoms with E-state index in [1.54, 1.807) is 19.9 Å². The highest BCUT2D eigenvalue weighted by molar-refractivity contribution is 7.89. The summed E-state index contributed by atoms with van der Waals surface area (Å²) in [6, 6.07) is 8.44. The summed E-state index contributed by atoms with van der Waals surface area (Å²) in [7, 11) is -2.48. The number of nitrogens with zero attached hydrogens (tertiary/aromatic N) is 2. The molecule has 2 aromatic rings. The summed E-state index contributed by atoms with van der Waals surface area (Å²) in [6.07, 6.45) is 0. The number of halogens is 2. The number of hydrogen-bond acceptors (Lipinski definition) is 6. The van der Waals surface area contributed by atoms with Crippen LogP contribution in [0.15, 0.2) is 41.3 Å². The molecule has 0 saturated carbocycles. The number of ether oxygens (including phenoxy) is 2. The Morgan fingerprint density at radius 3 is 2.15 bits per heavy atom. The fourth-order valence-electron chi connectivity index (χ4n) is 3.53.